The molecule has 202 valence electrons. The first-order valence-electron chi connectivity index (χ1n) is 13.1. The van der Waals surface area contributed by atoms with Crippen LogP contribution in [0.5, 0.6) is 5.75 Å². The summed E-state index contributed by atoms with van der Waals surface area (Å²) in [7, 11) is 0. The Morgan fingerprint density at radius 1 is 0.921 bits per heavy atom. The first-order chi connectivity index (χ1) is 18.4. The molecule has 38 heavy (non-hydrogen) atoms. The molecule has 5 nitrogen and oxygen atoms in total. The van der Waals surface area contributed by atoms with E-state index < -0.39 is 6.04 Å². The van der Waals surface area contributed by atoms with Crippen LogP contribution in [0.3, 0.4) is 0 Å². The summed E-state index contributed by atoms with van der Waals surface area (Å²) in [4.78, 5) is 28.8. The second kappa shape index (κ2) is 15.4. The summed E-state index contributed by atoms with van der Waals surface area (Å²) >= 11 is 12.4. The summed E-state index contributed by atoms with van der Waals surface area (Å²) in [6, 6.07) is 22.2. The van der Waals surface area contributed by atoms with E-state index in [0.29, 0.717) is 36.0 Å². The fourth-order valence-electron chi connectivity index (χ4n) is 4.09. The van der Waals surface area contributed by atoms with Crippen molar-refractivity contribution in [1.29, 1.82) is 0 Å². The number of unbranched alkanes of at least 4 members (excludes halogenated alkanes) is 1. The van der Waals surface area contributed by atoms with Gasteiger partial charge in [0.15, 0.2) is 0 Å². The molecule has 2 amide bonds. The number of hydrogen-bond donors (Lipinski definition) is 1. The molecule has 0 spiro atoms. The van der Waals surface area contributed by atoms with Gasteiger partial charge in [-0.25, -0.2) is 0 Å². The lowest BCUT2D eigenvalue weighted by Gasteiger charge is -2.32. The molecular weight excluding hydrogens is 519 g/mol. The number of benzene rings is 3. The lowest BCUT2D eigenvalue weighted by molar-refractivity contribution is -0.141. The number of hydrogen-bond acceptors (Lipinski definition) is 3. The Kier molecular flexibility index (Phi) is 12.0. The van der Waals surface area contributed by atoms with Crippen LogP contribution in [-0.2, 0) is 22.6 Å². The van der Waals surface area contributed by atoms with Gasteiger partial charge in [-0.1, -0.05) is 90.6 Å². The molecule has 3 aromatic rings. The summed E-state index contributed by atoms with van der Waals surface area (Å²) in [6.07, 6.45) is 3.03. The van der Waals surface area contributed by atoms with Crippen molar-refractivity contribution in [2.45, 2.75) is 58.5 Å². The Morgan fingerprint density at radius 2 is 1.66 bits per heavy atom. The van der Waals surface area contributed by atoms with Crippen LogP contribution in [0.1, 0.15) is 49.3 Å². The first-order valence-corrected chi connectivity index (χ1v) is 13.9. The van der Waals surface area contributed by atoms with E-state index in [-0.39, 0.29) is 24.8 Å². The number of carbonyl (C=O) groups excluding carboxylic acids is 2. The standard InChI is InChI=1S/C31H36Cl2N2O3/c1-3-4-18-34-31(37)29(21-24-9-6-5-7-10-24)35(22-25-14-17-27(32)28(33)20-25)30(36)11-8-19-38-26-15-12-23(2)13-16-26/h5-7,9-10,12-17,20,29H,3-4,8,11,18-19,21-22H2,1-2H3,(H,34,37)/t29-/m0/s1. The van der Waals surface area contributed by atoms with Crippen molar-refractivity contribution in [3.63, 3.8) is 0 Å². The van der Waals surface area contributed by atoms with Crippen molar-refractivity contribution >= 4 is 35.0 Å². The lowest BCUT2D eigenvalue weighted by Crippen LogP contribution is -2.50. The SMILES string of the molecule is CCCCNC(=O)[C@H](Cc1ccccc1)N(Cc1ccc(Cl)c(Cl)c1)C(=O)CCCOc1ccc(C)cc1. The monoisotopic (exact) mass is 554 g/mol. The third kappa shape index (κ3) is 9.38. The van der Waals surface area contributed by atoms with Gasteiger partial charge in [0.1, 0.15) is 11.8 Å². The highest BCUT2D eigenvalue weighted by Gasteiger charge is 2.30. The van der Waals surface area contributed by atoms with Gasteiger partial charge >= 0.3 is 0 Å². The predicted molar refractivity (Wildman–Crippen MR) is 155 cm³/mol. The Bertz CT molecular complexity index is 1170. The molecular formula is C31H36Cl2N2O3. The van der Waals surface area contributed by atoms with E-state index >= 15 is 0 Å². The Labute approximate surface area is 236 Å². The fraction of sp³-hybridized carbons (Fsp3) is 0.355. The highest BCUT2D eigenvalue weighted by Crippen LogP contribution is 2.25. The number of nitrogens with one attached hydrogen (secondary N) is 1. The zero-order valence-corrected chi connectivity index (χ0v) is 23.6. The topological polar surface area (TPSA) is 58.6 Å². The number of carbonyl (C=O) groups is 2. The highest BCUT2D eigenvalue weighted by atomic mass is 35.5. The van der Waals surface area contributed by atoms with Gasteiger partial charge in [0.25, 0.3) is 0 Å². The molecule has 0 fully saturated rings. The molecule has 0 aromatic heterocycles. The summed E-state index contributed by atoms with van der Waals surface area (Å²) in [5.74, 6) is 0.495. The van der Waals surface area contributed by atoms with Crippen molar-refractivity contribution in [3.05, 3.63) is 99.5 Å². The molecule has 0 heterocycles. The van der Waals surface area contributed by atoms with Crippen molar-refractivity contribution in [2.75, 3.05) is 13.2 Å². The Morgan fingerprint density at radius 3 is 2.34 bits per heavy atom. The van der Waals surface area contributed by atoms with Crippen molar-refractivity contribution in [1.82, 2.24) is 10.2 Å². The third-order valence-electron chi connectivity index (χ3n) is 6.26. The molecule has 3 rings (SSSR count). The largest absolute Gasteiger partial charge is 0.494 e. The van der Waals surface area contributed by atoms with Crippen LogP contribution in [0.4, 0.5) is 0 Å². The van der Waals surface area contributed by atoms with Crippen molar-refractivity contribution in [2.24, 2.45) is 0 Å². The second-order valence-electron chi connectivity index (χ2n) is 9.39. The Hall–Kier alpha value is -3.02. The minimum Gasteiger partial charge on any atom is -0.494 e. The third-order valence-corrected chi connectivity index (χ3v) is 7.00. The van der Waals surface area contributed by atoms with E-state index in [2.05, 4.69) is 12.2 Å². The summed E-state index contributed by atoms with van der Waals surface area (Å²) in [6.45, 7) is 5.32. The van der Waals surface area contributed by atoms with Gasteiger partial charge in [-0.05, 0) is 55.2 Å². The predicted octanol–water partition coefficient (Wildman–Crippen LogP) is 7.02. The molecule has 0 aliphatic carbocycles. The number of amides is 2. The summed E-state index contributed by atoms with van der Waals surface area (Å²) in [5, 5.41) is 3.89. The van der Waals surface area contributed by atoms with E-state index in [1.54, 1.807) is 17.0 Å². The maximum absolute atomic E-state index is 13.7. The molecule has 0 saturated heterocycles. The van der Waals surface area contributed by atoms with E-state index in [9.17, 15) is 9.59 Å². The van der Waals surface area contributed by atoms with Gasteiger partial charge in [-0.3, -0.25) is 9.59 Å². The molecule has 0 unspecified atom stereocenters. The molecule has 3 aromatic carbocycles. The summed E-state index contributed by atoms with van der Waals surface area (Å²) < 4.78 is 5.83. The summed E-state index contributed by atoms with van der Waals surface area (Å²) in [5.41, 5.74) is 2.95. The van der Waals surface area contributed by atoms with Crippen LogP contribution in [0, 0.1) is 6.92 Å². The Balaban J connectivity index is 1.79. The average Bonchev–Trinajstić information content (AvgIpc) is 2.92. The number of ether oxygens (including phenoxy) is 1. The van der Waals surface area contributed by atoms with E-state index in [1.165, 1.54) is 0 Å². The molecule has 0 bridgehead atoms. The lowest BCUT2D eigenvalue weighted by atomic mass is 10.0. The minimum absolute atomic E-state index is 0.116. The van der Waals surface area contributed by atoms with Crippen molar-refractivity contribution in [3.8, 4) is 5.75 Å². The molecule has 1 atom stereocenters. The molecule has 0 aliphatic heterocycles. The molecule has 1 N–H and O–H groups in total. The number of rotatable bonds is 14. The number of aryl methyl sites for hydroxylation is 1. The molecule has 0 saturated carbocycles. The minimum atomic E-state index is -0.672. The number of halogens is 2. The van der Waals surface area contributed by atoms with Gasteiger partial charge in [-0.2, -0.15) is 0 Å². The van der Waals surface area contributed by atoms with Crippen molar-refractivity contribution < 1.29 is 14.3 Å². The second-order valence-corrected chi connectivity index (χ2v) is 10.2. The smallest absolute Gasteiger partial charge is 0.243 e. The average molecular weight is 556 g/mol. The van der Waals surface area contributed by atoms with Gasteiger partial charge < -0.3 is 15.0 Å². The van der Waals surface area contributed by atoms with Gasteiger partial charge in [0, 0.05) is 25.9 Å². The molecule has 0 radical (unpaired) electrons. The van der Waals surface area contributed by atoms with Crippen LogP contribution in [0.2, 0.25) is 10.0 Å². The maximum atomic E-state index is 13.7. The van der Waals surface area contributed by atoms with Crippen LogP contribution in [0.15, 0.2) is 72.8 Å². The van der Waals surface area contributed by atoms with Crippen LogP contribution in [0.25, 0.3) is 0 Å². The number of nitrogens with zero attached hydrogens (tertiary/aromatic N) is 1. The zero-order chi connectivity index (χ0) is 27.3. The fourth-order valence-corrected chi connectivity index (χ4v) is 4.41. The van der Waals surface area contributed by atoms with Gasteiger partial charge in [0.2, 0.25) is 11.8 Å². The van der Waals surface area contributed by atoms with Gasteiger partial charge in [0.05, 0.1) is 16.7 Å². The first kappa shape index (κ1) is 29.5. The van der Waals surface area contributed by atoms with Gasteiger partial charge in [-0.15, -0.1) is 0 Å². The van der Waals surface area contributed by atoms with E-state index in [4.69, 9.17) is 27.9 Å². The molecule has 7 heteroatoms. The van der Waals surface area contributed by atoms with Crippen LogP contribution in [-0.4, -0.2) is 35.9 Å². The quantitative estimate of drug-likeness (QED) is 0.218. The van der Waals surface area contributed by atoms with Crippen LogP contribution < -0.4 is 10.1 Å². The zero-order valence-electron chi connectivity index (χ0n) is 22.1. The van der Waals surface area contributed by atoms with Crippen LogP contribution >= 0.6 is 23.2 Å². The highest BCUT2D eigenvalue weighted by molar-refractivity contribution is 6.42. The normalized spacial score (nSPS) is 11.6. The van der Waals surface area contributed by atoms with E-state index in [0.717, 1.165) is 35.3 Å². The van der Waals surface area contributed by atoms with E-state index in [1.807, 2.05) is 67.6 Å². The maximum Gasteiger partial charge on any atom is 0.243 e. The molecule has 0 aliphatic rings.